The van der Waals surface area contributed by atoms with Crippen molar-refractivity contribution in [2.75, 3.05) is 58.5 Å². The summed E-state index contributed by atoms with van der Waals surface area (Å²) in [7, 11) is 2.75. The number of carbonyl (C=O) groups is 4. The van der Waals surface area contributed by atoms with Crippen molar-refractivity contribution >= 4 is 35.3 Å². The zero-order chi connectivity index (χ0) is 33.6. The van der Waals surface area contributed by atoms with Gasteiger partial charge in [-0.05, 0) is 61.9 Å². The van der Waals surface area contributed by atoms with Crippen molar-refractivity contribution in [2.24, 2.45) is 4.99 Å². The van der Waals surface area contributed by atoms with Crippen molar-refractivity contribution in [3.05, 3.63) is 52.1 Å². The second kappa shape index (κ2) is 14.7. The Kier molecular flexibility index (Phi) is 10.9. The molecule has 0 saturated carbocycles. The number of methoxy groups -OCH3 is 1. The van der Waals surface area contributed by atoms with Gasteiger partial charge in [-0.1, -0.05) is 20.8 Å². The third-order valence-electron chi connectivity index (χ3n) is 7.87. The first-order chi connectivity index (χ1) is 21.9. The number of Topliss-reactive ketones (excluding diaryl/α,β-unsaturated/α-hetero) is 1. The van der Waals surface area contributed by atoms with Crippen molar-refractivity contribution in [1.82, 2.24) is 10.2 Å². The van der Waals surface area contributed by atoms with Crippen molar-refractivity contribution in [1.29, 1.82) is 0 Å². The monoisotopic (exact) mass is 636 g/mol. The van der Waals surface area contributed by atoms with E-state index < -0.39 is 17.5 Å². The zero-order valence-corrected chi connectivity index (χ0v) is 27.8. The van der Waals surface area contributed by atoms with Crippen molar-refractivity contribution < 1.29 is 38.1 Å². The fraction of sp³-hybridized carbons (Fsp3) is 0.500. The van der Waals surface area contributed by atoms with Gasteiger partial charge in [-0.15, -0.1) is 0 Å². The number of benzene rings is 2. The zero-order valence-electron chi connectivity index (χ0n) is 27.8. The van der Waals surface area contributed by atoms with E-state index in [0.29, 0.717) is 29.2 Å². The van der Waals surface area contributed by atoms with Crippen molar-refractivity contribution in [2.45, 2.75) is 59.4 Å². The van der Waals surface area contributed by atoms with Crippen LogP contribution < -0.4 is 19.7 Å². The summed E-state index contributed by atoms with van der Waals surface area (Å²) in [6, 6.07) is 7.02. The number of nitrogens with one attached hydrogen (secondary N) is 1. The molecule has 0 bridgehead atoms. The first-order valence-corrected chi connectivity index (χ1v) is 15.6. The summed E-state index contributed by atoms with van der Waals surface area (Å²) in [5.41, 5.74) is 3.15. The molecular weight excluding hydrogens is 592 g/mol. The van der Waals surface area contributed by atoms with Gasteiger partial charge in [0.2, 0.25) is 0 Å². The Labute approximate surface area is 270 Å². The molecule has 1 fully saturated rings. The Morgan fingerprint density at radius 2 is 1.70 bits per heavy atom. The van der Waals surface area contributed by atoms with E-state index in [1.807, 2.05) is 39.8 Å². The Hall–Kier alpha value is -4.61. The molecule has 46 heavy (non-hydrogen) atoms. The van der Waals surface area contributed by atoms with E-state index in [1.54, 1.807) is 24.0 Å². The third kappa shape index (κ3) is 7.60. The molecule has 2 aliphatic rings. The molecule has 2 aromatic carbocycles. The molecular formula is C34H44N4O8. The molecule has 2 aromatic rings. The number of amides is 2. The van der Waals surface area contributed by atoms with E-state index in [-0.39, 0.29) is 49.4 Å². The highest BCUT2D eigenvalue weighted by Gasteiger charge is 2.33. The Morgan fingerprint density at radius 3 is 2.30 bits per heavy atom. The number of ether oxygens (including phenoxy) is 4. The number of aliphatic imine (C=N–C) groups is 1. The maximum absolute atomic E-state index is 14.1. The van der Waals surface area contributed by atoms with Crippen LogP contribution in [0.4, 0.5) is 10.5 Å². The summed E-state index contributed by atoms with van der Waals surface area (Å²) in [4.78, 5) is 59.5. The van der Waals surface area contributed by atoms with E-state index in [2.05, 4.69) is 15.2 Å². The maximum Gasteiger partial charge on any atom is 0.435 e. The van der Waals surface area contributed by atoms with Crippen LogP contribution in [0.1, 0.15) is 84.9 Å². The number of hydrogen-bond acceptors (Lipinski definition) is 9. The van der Waals surface area contributed by atoms with E-state index >= 15 is 0 Å². The lowest BCUT2D eigenvalue weighted by molar-refractivity contribution is -0.145. The predicted octanol–water partition coefficient (Wildman–Crippen LogP) is 4.50. The Bertz CT molecular complexity index is 1520. The number of hydrogen-bond donors (Lipinski definition) is 1. The van der Waals surface area contributed by atoms with E-state index in [4.69, 9.17) is 18.9 Å². The number of esters is 1. The lowest BCUT2D eigenvalue weighted by Crippen LogP contribution is -2.32. The van der Waals surface area contributed by atoms with E-state index in [9.17, 15) is 19.2 Å². The lowest BCUT2D eigenvalue weighted by Gasteiger charge is -2.29. The van der Waals surface area contributed by atoms with Crippen LogP contribution in [-0.4, -0.2) is 88.1 Å². The van der Waals surface area contributed by atoms with Crippen LogP contribution in [0.3, 0.4) is 0 Å². The molecule has 12 heteroatoms. The molecule has 0 atom stereocenters. The maximum atomic E-state index is 14.1. The molecule has 2 amide bonds. The first kappa shape index (κ1) is 34.3. The quantitative estimate of drug-likeness (QED) is 0.277. The van der Waals surface area contributed by atoms with Gasteiger partial charge in [0.1, 0.15) is 17.3 Å². The van der Waals surface area contributed by atoms with Gasteiger partial charge in [-0.3, -0.25) is 9.59 Å². The topological polar surface area (TPSA) is 136 Å². The molecule has 0 radical (unpaired) electrons. The van der Waals surface area contributed by atoms with Crippen LogP contribution in [0.5, 0.6) is 11.5 Å². The van der Waals surface area contributed by atoms with Gasteiger partial charge in [-0.2, -0.15) is 4.99 Å². The Balaban J connectivity index is 1.75. The van der Waals surface area contributed by atoms with Crippen LogP contribution >= 0.6 is 0 Å². The molecule has 2 heterocycles. The normalized spacial score (nSPS) is 15.1. The van der Waals surface area contributed by atoms with Gasteiger partial charge in [0.05, 0.1) is 38.1 Å². The number of fused-ring (bicyclic) bond motifs is 1. The molecule has 4 rings (SSSR count). The first-order valence-electron chi connectivity index (χ1n) is 15.6. The molecule has 1 N–H and O–H groups in total. The summed E-state index contributed by atoms with van der Waals surface area (Å²) in [5, 5.41) is 2.62. The average molecular weight is 637 g/mol. The van der Waals surface area contributed by atoms with Crippen LogP contribution in [0.25, 0.3) is 0 Å². The molecule has 248 valence electrons. The second-order valence-corrected chi connectivity index (χ2v) is 12.1. The minimum atomic E-state index is -0.829. The van der Waals surface area contributed by atoms with Gasteiger partial charge < -0.3 is 34.1 Å². The number of nitrogens with zero attached hydrogens (tertiary/aromatic N) is 3. The minimum absolute atomic E-state index is 0.101. The standard InChI is InChI=1S/C34H44N4O8/c1-8-44-28-16-22-18-38(31(36-33(42)43-7)23(22)17-24(28)32(41)35-6)19-27(39)21-14-25(34(3,4)5)30(46-20-29(40)45-9-2)26(15-21)37-12-10-11-13-37/h14-17H,8-13,18-20H2,1-7H3,(H,35,41). The van der Waals surface area contributed by atoms with Crippen LogP contribution in [0.2, 0.25) is 0 Å². The summed E-state index contributed by atoms with van der Waals surface area (Å²) < 4.78 is 21.8. The number of ketones is 1. The van der Waals surface area contributed by atoms with Gasteiger partial charge in [0.25, 0.3) is 5.91 Å². The van der Waals surface area contributed by atoms with Gasteiger partial charge in [0, 0.05) is 43.4 Å². The van der Waals surface area contributed by atoms with E-state index in [1.165, 1.54) is 14.2 Å². The summed E-state index contributed by atoms with van der Waals surface area (Å²) >= 11 is 0. The molecule has 0 spiro atoms. The highest BCUT2D eigenvalue weighted by molar-refractivity contribution is 6.11. The Morgan fingerprint density at radius 1 is 0.978 bits per heavy atom. The summed E-state index contributed by atoms with van der Waals surface area (Å²) in [5.74, 6) is 0.166. The predicted molar refractivity (Wildman–Crippen MR) is 173 cm³/mol. The minimum Gasteiger partial charge on any atom is -0.493 e. The fourth-order valence-corrected chi connectivity index (χ4v) is 5.67. The number of amidine groups is 1. The van der Waals surface area contributed by atoms with Crippen LogP contribution in [0.15, 0.2) is 29.3 Å². The third-order valence-corrected chi connectivity index (χ3v) is 7.87. The average Bonchev–Trinajstić information content (AvgIpc) is 3.67. The molecule has 0 aromatic heterocycles. The number of anilines is 1. The highest BCUT2D eigenvalue weighted by atomic mass is 16.6. The molecule has 2 aliphatic heterocycles. The van der Waals surface area contributed by atoms with E-state index in [0.717, 1.165) is 42.7 Å². The van der Waals surface area contributed by atoms with Crippen LogP contribution in [-0.2, 0) is 26.2 Å². The lowest BCUT2D eigenvalue weighted by atomic mass is 9.84. The van der Waals surface area contributed by atoms with Gasteiger partial charge in [-0.25, -0.2) is 9.59 Å². The smallest absolute Gasteiger partial charge is 0.435 e. The van der Waals surface area contributed by atoms with Gasteiger partial charge >= 0.3 is 12.1 Å². The second-order valence-electron chi connectivity index (χ2n) is 12.1. The fourth-order valence-electron chi connectivity index (χ4n) is 5.67. The largest absolute Gasteiger partial charge is 0.493 e. The SMILES string of the molecule is CCOC(=O)COc1c(N2CCCC2)cc(C(=O)CN2Cc3cc(OCC)c(C(=O)NC)cc3C2=NC(=O)OC)cc1C(C)(C)C. The molecule has 1 saturated heterocycles. The number of carbonyl (C=O) groups excluding carboxylic acids is 4. The van der Waals surface area contributed by atoms with Crippen molar-refractivity contribution in [3.63, 3.8) is 0 Å². The van der Waals surface area contributed by atoms with Gasteiger partial charge in [0.15, 0.2) is 12.4 Å². The van der Waals surface area contributed by atoms with Crippen molar-refractivity contribution in [3.8, 4) is 11.5 Å². The highest BCUT2D eigenvalue weighted by Crippen LogP contribution is 2.42. The molecule has 12 nitrogen and oxygen atoms in total. The number of rotatable bonds is 11. The summed E-state index contributed by atoms with van der Waals surface area (Å²) in [6.07, 6.45) is 1.17. The molecule has 0 unspecified atom stereocenters. The molecule has 0 aliphatic carbocycles. The van der Waals surface area contributed by atoms with Crippen LogP contribution in [0, 0.1) is 0 Å². The summed E-state index contributed by atoms with van der Waals surface area (Å²) in [6.45, 7) is 11.8.